The molecule has 0 spiro atoms. The Morgan fingerprint density at radius 2 is 1.62 bits per heavy atom. The van der Waals surface area contributed by atoms with E-state index in [1.54, 1.807) is 0 Å². The topological polar surface area (TPSA) is 12.9 Å². The molecule has 21 heavy (non-hydrogen) atoms. The van der Waals surface area contributed by atoms with Crippen LogP contribution in [-0.2, 0) is 6.42 Å². The van der Waals surface area contributed by atoms with Gasteiger partial charge in [0.25, 0.3) is 0 Å². The van der Waals surface area contributed by atoms with Crippen molar-refractivity contribution in [3.05, 3.63) is 78.0 Å². The Balaban J connectivity index is 1.97. The molecule has 4 aromatic rings. The van der Waals surface area contributed by atoms with Gasteiger partial charge in [0.1, 0.15) is 0 Å². The van der Waals surface area contributed by atoms with E-state index in [1.807, 2.05) is 6.20 Å². The van der Waals surface area contributed by atoms with Crippen LogP contribution in [0.1, 0.15) is 11.1 Å². The molecule has 1 nitrogen and oxygen atoms in total. The molecule has 1 aliphatic rings. The second-order valence-corrected chi connectivity index (χ2v) is 5.67. The maximum absolute atomic E-state index is 4.58. The van der Waals surface area contributed by atoms with Crippen molar-refractivity contribution in [3.63, 3.8) is 0 Å². The minimum Gasteiger partial charge on any atom is -0.256 e. The van der Waals surface area contributed by atoms with Gasteiger partial charge in [-0.15, -0.1) is 0 Å². The summed E-state index contributed by atoms with van der Waals surface area (Å²) in [6, 6.07) is 21.6. The van der Waals surface area contributed by atoms with E-state index in [1.165, 1.54) is 38.4 Å². The van der Waals surface area contributed by atoms with Gasteiger partial charge in [-0.1, -0.05) is 54.6 Å². The highest BCUT2D eigenvalue weighted by Gasteiger charge is 2.20. The lowest BCUT2D eigenvalue weighted by Gasteiger charge is -2.08. The van der Waals surface area contributed by atoms with Crippen LogP contribution < -0.4 is 0 Å². The van der Waals surface area contributed by atoms with E-state index in [2.05, 4.69) is 65.6 Å². The predicted molar refractivity (Wildman–Crippen MR) is 87.5 cm³/mol. The van der Waals surface area contributed by atoms with Crippen LogP contribution in [-0.4, -0.2) is 4.98 Å². The molecule has 0 saturated carbocycles. The summed E-state index contributed by atoms with van der Waals surface area (Å²) in [6.45, 7) is 0. The Kier molecular flexibility index (Phi) is 2.06. The first-order valence-electron chi connectivity index (χ1n) is 7.29. The van der Waals surface area contributed by atoms with E-state index in [-0.39, 0.29) is 0 Å². The lowest BCUT2D eigenvalue weighted by molar-refractivity contribution is 1.28. The fourth-order valence-electron chi connectivity index (χ4n) is 3.59. The van der Waals surface area contributed by atoms with Crippen molar-refractivity contribution in [1.82, 2.24) is 4.98 Å². The fraction of sp³-hybridized carbons (Fsp3) is 0.0500. The molecule has 98 valence electrons. The van der Waals surface area contributed by atoms with Crippen LogP contribution in [0.2, 0.25) is 0 Å². The number of nitrogens with zero attached hydrogens (tertiary/aromatic N) is 1. The maximum Gasteiger partial charge on any atom is 0.0708 e. The molecule has 5 rings (SSSR count). The lowest BCUT2D eigenvalue weighted by Crippen LogP contribution is -1.88. The number of fused-ring (bicyclic) bond motifs is 7. The van der Waals surface area contributed by atoms with Crippen LogP contribution >= 0.6 is 0 Å². The molecule has 0 unspecified atom stereocenters. The van der Waals surface area contributed by atoms with Gasteiger partial charge in [-0.05, 0) is 40.1 Å². The number of aromatic nitrogens is 1. The summed E-state index contributed by atoms with van der Waals surface area (Å²) in [4.78, 5) is 4.58. The first-order valence-corrected chi connectivity index (χ1v) is 7.29. The van der Waals surface area contributed by atoms with Gasteiger partial charge in [0, 0.05) is 17.0 Å². The Morgan fingerprint density at radius 3 is 2.62 bits per heavy atom. The van der Waals surface area contributed by atoms with E-state index in [0.29, 0.717) is 0 Å². The van der Waals surface area contributed by atoms with Gasteiger partial charge in [-0.3, -0.25) is 4.98 Å². The Bertz CT molecular complexity index is 1010. The van der Waals surface area contributed by atoms with E-state index in [0.717, 1.165) is 11.9 Å². The number of benzene rings is 3. The fourth-order valence-corrected chi connectivity index (χ4v) is 3.59. The van der Waals surface area contributed by atoms with Crippen LogP contribution in [0.15, 0.2) is 66.9 Å². The van der Waals surface area contributed by atoms with E-state index in [4.69, 9.17) is 0 Å². The van der Waals surface area contributed by atoms with Crippen molar-refractivity contribution in [1.29, 1.82) is 0 Å². The highest BCUT2D eigenvalue weighted by molar-refractivity contribution is 6.10. The molecule has 1 aromatic heterocycles. The van der Waals surface area contributed by atoms with Gasteiger partial charge >= 0.3 is 0 Å². The van der Waals surface area contributed by atoms with Gasteiger partial charge < -0.3 is 0 Å². The van der Waals surface area contributed by atoms with Crippen molar-refractivity contribution >= 4 is 21.7 Å². The molecule has 1 heteroatoms. The van der Waals surface area contributed by atoms with Gasteiger partial charge in [0.15, 0.2) is 0 Å². The number of pyridine rings is 1. The van der Waals surface area contributed by atoms with Crippen LogP contribution in [0.4, 0.5) is 0 Å². The third-order valence-electron chi connectivity index (χ3n) is 4.54. The zero-order valence-corrected chi connectivity index (χ0v) is 11.5. The molecule has 3 aromatic carbocycles. The van der Waals surface area contributed by atoms with Crippen molar-refractivity contribution in [3.8, 4) is 11.1 Å². The molecule has 0 amide bonds. The van der Waals surface area contributed by atoms with Crippen molar-refractivity contribution in [2.24, 2.45) is 0 Å². The third-order valence-corrected chi connectivity index (χ3v) is 4.54. The Hall–Kier alpha value is -2.67. The largest absolute Gasteiger partial charge is 0.256 e. The molecular formula is C20H13N. The minimum atomic E-state index is 1.02. The predicted octanol–water partition coefficient (Wildman–Crippen LogP) is 4.96. The molecule has 0 atom stereocenters. The number of rotatable bonds is 0. The monoisotopic (exact) mass is 267 g/mol. The smallest absolute Gasteiger partial charge is 0.0708 e. The average Bonchev–Trinajstić information content (AvgIpc) is 2.93. The molecule has 0 aliphatic heterocycles. The lowest BCUT2D eigenvalue weighted by atomic mass is 9.97. The van der Waals surface area contributed by atoms with Gasteiger partial charge in [-0.25, -0.2) is 0 Å². The molecule has 0 radical (unpaired) electrons. The van der Waals surface area contributed by atoms with Gasteiger partial charge in [0.05, 0.1) is 5.52 Å². The second kappa shape index (κ2) is 3.92. The summed E-state index contributed by atoms with van der Waals surface area (Å²) < 4.78 is 0. The first kappa shape index (κ1) is 11.0. The zero-order valence-electron chi connectivity index (χ0n) is 11.5. The highest BCUT2D eigenvalue weighted by Crippen LogP contribution is 2.41. The summed E-state index contributed by atoms with van der Waals surface area (Å²) in [5.41, 5.74) is 6.73. The third kappa shape index (κ3) is 1.43. The molecule has 1 aliphatic carbocycles. The molecule has 0 bridgehead atoms. The average molecular weight is 267 g/mol. The number of para-hydroxylation sites is 1. The van der Waals surface area contributed by atoms with Crippen molar-refractivity contribution in [2.45, 2.75) is 6.42 Å². The first-order chi connectivity index (χ1) is 10.4. The molecule has 0 fully saturated rings. The molecule has 0 saturated heterocycles. The zero-order chi connectivity index (χ0) is 13.8. The van der Waals surface area contributed by atoms with Crippen LogP contribution in [0.3, 0.4) is 0 Å². The number of hydrogen-bond acceptors (Lipinski definition) is 1. The van der Waals surface area contributed by atoms with Gasteiger partial charge in [0.2, 0.25) is 0 Å². The summed E-state index contributed by atoms with van der Waals surface area (Å²) >= 11 is 0. The Labute approximate surface area is 122 Å². The minimum absolute atomic E-state index is 1.02. The molecular weight excluding hydrogens is 254 g/mol. The normalized spacial score (nSPS) is 12.6. The standard InChI is InChI=1S/C20H13N/c1-2-6-15-13(5-1)11-18-16(15)10-9-14-12-21-19-8-4-3-7-17(19)20(14)18/h1-10,12H,11H2. The van der Waals surface area contributed by atoms with Crippen LogP contribution in [0.25, 0.3) is 32.8 Å². The highest BCUT2D eigenvalue weighted by atomic mass is 14.6. The maximum atomic E-state index is 4.58. The van der Waals surface area contributed by atoms with E-state index in [9.17, 15) is 0 Å². The Morgan fingerprint density at radius 1 is 0.762 bits per heavy atom. The van der Waals surface area contributed by atoms with Crippen molar-refractivity contribution in [2.75, 3.05) is 0 Å². The van der Waals surface area contributed by atoms with E-state index >= 15 is 0 Å². The quantitative estimate of drug-likeness (QED) is 0.361. The van der Waals surface area contributed by atoms with Crippen LogP contribution in [0.5, 0.6) is 0 Å². The summed E-state index contributed by atoms with van der Waals surface area (Å²) in [7, 11) is 0. The summed E-state index contributed by atoms with van der Waals surface area (Å²) in [5, 5.41) is 3.87. The van der Waals surface area contributed by atoms with E-state index < -0.39 is 0 Å². The van der Waals surface area contributed by atoms with Crippen molar-refractivity contribution < 1.29 is 0 Å². The summed E-state index contributed by atoms with van der Waals surface area (Å²) in [6.07, 6.45) is 3.03. The van der Waals surface area contributed by atoms with Crippen LogP contribution in [0, 0.1) is 0 Å². The van der Waals surface area contributed by atoms with Gasteiger partial charge in [-0.2, -0.15) is 0 Å². The SMILES string of the molecule is c1ccc2c(c1)Cc1c-2ccc2cnc3ccccc3c12. The number of hydrogen-bond donors (Lipinski definition) is 0. The second-order valence-electron chi connectivity index (χ2n) is 5.67. The summed E-state index contributed by atoms with van der Waals surface area (Å²) in [5.74, 6) is 0. The molecule has 1 heterocycles. The molecule has 0 N–H and O–H groups in total.